The zero-order valence-corrected chi connectivity index (χ0v) is 12.6. The predicted molar refractivity (Wildman–Crippen MR) is 78.1 cm³/mol. The first kappa shape index (κ1) is 14.5. The Morgan fingerprint density at radius 3 is 2.76 bits per heavy atom. The number of rotatable bonds is 3. The Morgan fingerprint density at radius 1 is 1.33 bits per heavy atom. The standard InChI is InChI=1S/C16H22N2O3/c1-20-13-3-6-16(21-2)7-10-18(14(16)11-13)15(19)12-4-8-17-9-5-12/h4-5,8-9,13-14H,3,6-7,10-11H2,1-2H3/t13-,14-,16+/m0/s1. The predicted octanol–water partition coefficient (Wildman–Crippen LogP) is 1.88. The highest BCUT2D eigenvalue weighted by molar-refractivity contribution is 5.94. The zero-order valence-electron chi connectivity index (χ0n) is 12.6. The van der Waals surface area contributed by atoms with Crippen LogP contribution in [0.4, 0.5) is 0 Å². The number of likely N-dealkylation sites (tertiary alicyclic amines) is 1. The van der Waals surface area contributed by atoms with Crippen molar-refractivity contribution in [2.24, 2.45) is 0 Å². The number of hydrogen-bond acceptors (Lipinski definition) is 4. The molecular weight excluding hydrogens is 268 g/mol. The lowest BCUT2D eigenvalue weighted by Gasteiger charge is -2.43. The van der Waals surface area contributed by atoms with Gasteiger partial charge >= 0.3 is 0 Å². The third kappa shape index (κ3) is 2.45. The maximum absolute atomic E-state index is 12.8. The van der Waals surface area contributed by atoms with Crippen LogP contribution in [-0.4, -0.2) is 54.3 Å². The third-order valence-electron chi connectivity index (χ3n) is 5.06. The number of ether oxygens (including phenoxy) is 2. The second kappa shape index (κ2) is 5.73. The van der Waals surface area contributed by atoms with Crippen molar-refractivity contribution in [3.63, 3.8) is 0 Å². The van der Waals surface area contributed by atoms with Gasteiger partial charge in [0.25, 0.3) is 5.91 Å². The minimum atomic E-state index is -0.197. The van der Waals surface area contributed by atoms with Crippen LogP contribution in [0.2, 0.25) is 0 Å². The van der Waals surface area contributed by atoms with E-state index >= 15 is 0 Å². The molecule has 5 heteroatoms. The number of carbonyl (C=O) groups is 1. The minimum absolute atomic E-state index is 0.0677. The molecule has 114 valence electrons. The van der Waals surface area contributed by atoms with E-state index in [9.17, 15) is 4.79 Å². The maximum Gasteiger partial charge on any atom is 0.254 e. The molecule has 1 saturated heterocycles. The van der Waals surface area contributed by atoms with E-state index in [0.717, 1.165) is 32.2 Å². The molecule has 0 unspecified atom stereocenters. The molecule has 1 amide bonds. The van der Waals surface area contributed by atoms with Gasteiger partial charge in [-0.05, 0) is 37.8 Å². The molecule has 1 aromatic rings. The molecule has 0 spiro atoms. The average Bonchev–Trinajstić information content (AvgIpc) is 2.94. The summed E-state index contributed by atoms with van der Waals surface area (Å²) in [7, 11) is 3.51. The molecule has 0 N–H and O–H groups in total. The maximum atomic E-state index is 12.8. The summed E-state index contributed by atoms with van der Waals surface area (Å²) < 4.78 is 11.4. The van der Waals surface area contributed by atoms with Crippen LogP contribution in [0.5, 0.6) is 0 Å². The average molecular weight is 290 g/mol. The number of nitrogens with zero attached hydrogens (tertiary/aromatic N) is 2. The lowest BCUT2D eigenvalue weighted by Crippen LogP contribution is -2.53. The molecule has 1 aliphatic heterocycles. The van der Waals surface area contributed by atoms with E-state index in [-0.39, 0.29) is 23.7 Å². The summed E-state index contributed by atoms with van der Waals surface area (Å²) in [6.07, 6.45) is 7.23. The number of pyridine rings is 1. The lowest BCUT2D eigenvalue weighted by molar-refractivity contribution is -0.0893. The van der Waals surface area contributed by atoms with E-state index in [1.807, 2.05) is 4.90 Å². The largest absolute Gasteiger partial charge is 0.381 e. The van der Waals surface area contributed by atoms with Crippen LogP contribution in [0, 0.1) is 0 Å². The van der Waals surface area contributed by atoms with Crippen molar-refractivity contribution >= 4 is 5.91 Å². The molecule has 2 fully saturated rings. The zero-order chi connectivity index (χ0) is 14.9. The Balaban J connectivity index is 1.85. The Morgan fingerprint density at radius 2 is 2.10 bits per heavy atom. The van der Waals surface area contributed by atoms with Gasteiger partial charge in [0.1, 0.15) is 0 Å². The molecular formula is C16H22N2O3. The fourth-order valence-corrected chi connectivity index (χ4v) is 3.78. The van der Waals surface area contributed by atoms with Crippen molar-refractivity contribution in [3.8, 4) is 0 Å². The van der Waals surface area contributed by atoms with Crippen molar-refractivity contribution < 1.29 is 14.3 Å². The number of aromatic nitrogens is 1. The monoisotopic (exact) mass is 290 g/mol. The fraction of sp³-hybridized carbons (Fsp3) is 0.625. The second-order valence-corrected chi connectivity index (χ2v) is 5.90. The molecule has 1 saturated carbocycles. The fourth-order valence-electron chi connectivity index (χ4n) is 3.78. The molecule has 1 aliphatic carbocycles. The van der Waals surface area contributed by atoms with Crippen molar-refractivity contribution in [1.82, 2.24) is 9.88 Å². The summed E-state index contributed by atoms with van der Waals surface area (Å²) in [6.45, 7) is 0.746. The van der Waals surface area contributed by atoms with Crippen LogP contribution in [0.15, 0.2) is 24.5 Å². The second-order valence-electron chi connectivity index (χ2n) is 5.90. The number of fused-ring (bicyclic) bond motifs is 1. The first-order valence-electron chi connectivity index (χ1n) is 7.49. The summed E-state index contributed by atoms with van der Waals surface area (Å²) in [5, 5.41) is 0. The quantitative estimate of drug-likeness (QED) is 0.853. The van der Waals surface area contributed by atoms with Crippen molar-refractivity contribution in [2.45, 2.75) is 43.4 Å². The molecule has 2 heterocycles. The van der Waals surface area contributed by atoms with E-state index < -0.39 is 0 Å². The van der Waals surface area contributed by atoms with Gasteiger partial charge in [-0.25, -0.2) is 0 Å². The highest BCUT2D eigenvalue weighted by atomic mass is 16.5. The van der Waals surface area contributed by atoms with Gasteiger partial charge in [0.15, 0.2) is 0 Å². The van der Waals surface area contributed by atoms with Gasteiger partial charge in [-0.3, -0.25) is 9.78 Å². The topological polar surface area (TPSA) is 51.7 Å². The molecule has 0 radical (unpaired) electrons. The number of amides is 1. The van der Waals surface area contributed by atoms with Crippen LogP contribution in [-0.2, 0) is 9.47 Å². The smallest absolute Gasteiger partial charge is 0.254 e. The van der Waals surface area contributed by atoms with Crippen LogP contribution >= 0.6 is 0 Å². The van der Waals surface area contributed by atoms with Crippen molar-refractivity contribution in [1.29, 1.82) is 0 Å². The molecule has 0 bridgehead atoms. The Kier molecular flexibility index (Phi) is 3.95. The lowest BCUT2D eigenvalue weighted by atomic mass is 9.79. The van der Waals surface area contributed by atoms with Gasteiger partial charge in [-0.15, -0.1) is 0 Å². The molecule has 5 nitrogen and oxygen atoms in total. The normalized spacial score (nSPS) is 32.0. The highest BCUT2D eigenvalue weighted by Gasteiger charge is 2.52. The SMILES string of the molecule is CO[C@H]1CC[C@@]2(OC)CCN(C(=O)c3ccncc3)[C@H]2C1. The Labute approximate surface area is 125 Å². The van der Waals surface area contributed by atoms with Crippen LogP contribution in [0.25, 0.3) is 0 Å². The van der Waals surface area contributed by atoms with Gasteiger partial charge in [0.05, 0.1) is 17.7 Å². The third-order valence-corrected chi connectivity index (χ3v) is 5.06. The van der Waals surface area contributed by atoms with Gasteiger partial charge in [-0.2, -0.15) is 0 Å². The van der Waals surface area contributed by atoms with Crippen molar-refractivity contribution in [2.75, 3.05) is 20.8 Å². The van der Waals surface area contributed by atoms with Gasteiger partial charge in [0, 0.05) is 38.7 Å². The van der Waals surface area contributed by atoms with Gasteiger partial charge < -0.3 is 14.4 Å². The summed E-state index contributed by atoms with van der Waals surface area (Å²) in [4.78, 5) is 18.7. The van der Waals surface area contributed by atoms with E-state index in [1.54, 1.807) is 38.7 Å². The summed E-state index contributed by atoms with van der Waals surface area (Å²) >= 11 is 0. The summed E-state index contributed by atoms with van der Waals surface area (Å²) in [6, 6.07) is 3.64. The van der Waals surface area contributed by atoms with Crippen molar-refractivity contribution in [3.05, 3.63) is 30.1 Å². The minimum Gasteiger partial charge on any atom is -0.381 e. The Bertz CT molecular complexity index is 508. The van der Waals surface area contributed by atoms with E-state index in [1.165, 1.54) is 0 Å². The summed E-state index contributed by atoms with van der Waals surface area (Å²) in [5.41, 5.74) is 0.494. The Hall–Kier alpha value is -1.46. The molecule has 1 aromatic heterocycles. The molecule has 2 aliphatic rings. The first-order chi connectivity index (χ1) is 10.2. The van der Waals surface area contributed by atoms with Crippen LogP contribution in [0.3, 0.4) is 0 Å². The number of methoxy groups -OCH3 is 2. The van der Waals surface area contributed by atoms with Crippen LogP contribution in [0.1, 0.15) is 36.0 Å². The van der Waals surface area contributed by atoms with Gasteiger partial charge in [-0.1, -0.05) is 0 Å². The van der Waals surface area contributed by atoms with E-state index in [2.05, 4.69) is 4.98 Å². The summed E-state index contributed by atoms with van der Waals surface area (Å²) in [5.74, 6) is 0.0677. The van der Waals surface area contributed by atoms with Gasteiger partial charge in [0.2, 0.25) is 0 Å². The molecule has 3 atom stereocenters. The molecule has 21 heavy (non-hydrogen) atoms. The van der Waals surface area contributed by atoms with E-state index in [4.69, 9.17) is 9.47 Å². The molecule has 0 aromatic carbocycles. The number of hydrogen-bond donors (Lipinski definition) is 0. The first-order valence-corrected chi connectivity index (χ1v) is 7.49. The van der Waals surface area contributed by atoms with Crippen LogP contribution < -0.4 is 0 Å². The highest BCUT2D eigenvalue weighted by Crippen LogP contribution is 2.43. The molecule has 3 rings (SSSR count). The van der Waals surface area contributed by atoms with E-state index in [0.29, 0.717) is 5.56 Å². The number of carbonyl (C=O) groups excluding carboxylic acids is 1.